The summed E-state index contributed by atoms with van der Waals surface area (Å²) in [6, 6.07) is 8.41. The third-order valence-corrected chi connectivity index (χ3v) is 4.56. The summed E-state index contributed by atoms with van der Waals surface area (Å²) in [6.45, 7) is 7.16. The van der Waals surface area contributed by atoms with Gasteiger partial charge in [-0.3, -0.25) is 0 Å². The molecule has 0 amide bonds. The van der Waals surface area contributed by atoms with Crippen molar-refractivity contribution in [1.82, 2.24) is 9.55 Å². The van der Waals surface area contributed by atoms with Crippen molar-refractivity contribution >= 4 is 22.2 Å². The first-order valence-corrected chi connectivity index (χ1v) is 8.16. The van der Waals surface area contributed by atoms with Crippen molar-refractivity contribution in [2.75, 3.05) is 0 Å². The molecule has 2 aromatic heterocycles. The third-order valence-electron chi connectivity index (χ3n) is 3.56. The molecule has 0 bridgehead atoms. The maximum Gasteiger partial charge on any atom is 0.129 e. The minimum absolute atomic E-state index is 0.193. The van der Waals surface area contributed by atoms with E-state index in [4.69, 9.17) is 4.74 Å². The summed E-state index contributed by atoms with van der Waals surface area (Å²) >= 11 is 1.74. The Kier molecular flexibility index (Phi) is 3.97. The lowest BCUT2D eigenvalue weighted by Crippen LogP contribution is -2.05. The predicted octanol–water partition coefficient (Wildman–Crippen LogP) is 4.44. The summed E-state index contributed by atoms with van der Waals surface area (Å²) in [7, 11) is 0. The molecule has 0 aliphatic rings. The van der Waals surface area contributed by atoms with Gasteiger partial charge in [-0.05, 0) is 39.0 Å². The molecule has 3 rings (SSSR count). The quantitative estimate of drug-likeness (QED) is 0.696. The van der Waals surface area contributed by atoms with Crippen LogP contribution in [0, 0.1) is 6.92 Å². The Bertz CT molecular complexity index is 742. The van der Waals surface area contributed by atoms with Crippen LogP contribution in [0.2, 0.25) is 0 Å². The molecule has 1 aromatic carbocycles. The summed E-state index contributed by atoms with van der Waals surface area (Å²) < 4.78 is 8.18. The molecule has 0 N–H and O–H groups in total. The van der Waals surface area contributed by atoms with E-state index in [9.17, 15) is 0 Å². The molecular weight excluding hydrogens is 280 g/mol. The summed E-state index contributed by atoms with van der Waals surface area (Å²) in [6.07, 6.45) is 3.36. The number of benzene rings is 1. The average Bonchev–Trinajstić information content (AvgIpc) is 3.03. The zero-order chi connectivity index (χ0) is 14.8. The number of hydrogen-bond acceptors (Lipinski definition) is 3. The van der Waals surface area contributed by atoms with Gasteiger partial charge in [0.05, 0.1) is 22.8 Å². The van der Waals surface area contributed by atoms with Gasteiger partial charge < -0.3 is 9.30 Å². The molecule has 4 heteroatoms. The molecular formula is C17H20N2OS. The molecule has 0 atom stereocenters. The molecule has 0 saturated carbocycles. The molecule has 3 nitrogen and oxygen atoms in total. The highest BCUT2D eigenvalue weighted by Crippen LogP contribution is 2.28. The van der Waals surface area contributed by atoms with E-state index in [1.54, 1.807) is 11.3 Å². The molecule has 0 aliphatic heterocycles. The average molecular weight is 300 g/mol. The second kappa shape index (κ2) is 5.90. The summed E-state index contributed by atoms with van der Waals surface area (Å²) in [5.41, 5.74) is 4.31. The fourth-order valence-corrected chi connectivity index (χ4v) is 3.31. The number of aromatic nitrogens is 2. The molecule has 0 fully saturated rings. The Balaban J connectivity index is 1.85. The Labute approximate surface area is 129 Å². The molecule has 2 heterocycles. The number of nitrogens with zero attached hydrogens (tertiary/aromatic N) is 2. The fourth-order valence-electron chi connectivity index (χ4n) is 2.54. The highest BCUT2D eigenvalue weighted by atomic mass is 32.1. The Morgan fingerprint density at radius 2 is 2.14 bits per heavy atom. The number of aryl methyl sites for hydroxylation is 3. The normalized spacial score (nSPS) is 11.4. The van der Waals surface area contributed by atoms with E-state index in [1.165, 1.54) is 15.8 Å². The van der Waals surface area contributed by atoms with Gasteiger partial charge in [0.2, 0.25) is 0 Å². The molecule has 0 spiro atoms. The number of fused-ring (bicyclic) bond motifs is 1. The monoisotopic (exact) mass is 300 g/mol. The van der Waals surface area contributed by atoms with Gasteiger partial charge in [0.15, 0.2) is 0 Å². The van der Waals surface area contributed by atoms with Crippen LogP contribution in [0.15, 0.2) is 36.0 Å². The third kappa shape index (κ3) is 2.95. The fraction of sp³-hybridized carbons (Fsp3) is 0.353. The van der Waals surface area contributed by atoms with Crippen molar-refractivity contribution in [1.29, 1.82) is 0 Å². The number of thiazole rings is 1. The van der Waals surface area contributed by atoms with Gasteiger partial charge in [0, 0.05) is 29.4 Å². The summed E-state index contributed by atoms with van der Waals surface area (Å²) in [5.74, 6) is 0.968. The SMILES string of the molecule is Cc1ncsc1CCn1ccc2c(OC(C)C)cccc21. The van der Waals surface area contributed by atoms with Crippen molar-refractivity contribution in [2.45, 2.75) is 39.8 Å². The van der Waals surface area contributed by atoms with Crippen LogP contribution in [0.5, 0.6) is 5.75 Å². The van der Waals surface area contributed by atoms with Crippen LogP contribution >= 0.6 is 11.3 Å². The summed E-state index contributed by atoms with van der Waals surface area (Å²) in [4.78, 5) is 5.68. The predicted molar refractivity (Wildman–Crippen MR) is 88.3 cm³/mol. The number of ether oxygens (including phenoxy) is 1. The van der Waals surface area contributed by atoms with Crippen molar-refractivity contribution in [2.24, 2.45) is 0 Å². The van der Waals surface area contributed by atoms with Gasteiger partial charge in [-0.2, -0.15) is 0 Å². The Morgan fingerprint density at radius 3 is 2.86 bits per heavy atom. The van der Waals surface area contributed by atoms with E-state index in [2.05, 4.69) is 54.7 Å². The summed E-state index contributed by atoms with van der Waals surface area (Å²) in [5, 5.41) is 1.19. The lowest BCUT2D eigenvalue weighted by atomic mass is 10.2. The van der Waals surface area contributed by atoms with Crippen LogP contribution < -0.4 is 4.74 Å². The van der Waals surface area contributed by atoms with Crippen LogP contribution in [0.3, 0.4) is 0 Å². The molecule has 0 saturated heterocycles. The minimum atomic E-state index is 0.193. The van der Waals surface area contributed by atoms with E-state index in [-0.39, 0.29) is 6.10 Å². The van der Waals surface area contributed by atoms with Crippen molar-refractivity contribution < 1.29 is 4.74 Å². The van der Waals surface area contributed by atoms with Crippen LogP contribution in [0.25, 0.3) is 10.9 Å². The second-order valence-corrected chi connectivity index (χ2v) is 6.41. The first-order valence-electron chi connectivity index (χ1n) is 7.28. The van der Waals surface area contributed by atoms with E-state index >= 15 is 0 Å². The Hall–Kier alpha value is -1.81. The smallest absolute Gasteiger partial charge is 0.129 e. The molecule has 0 radical (unpaired) electrons. The highest BCUT2D eigenvalue weighted by molar-refractivity contribution is 7.09. The molecule has 110 valence electrons. The van der Waals surface area contributed by atoms with Crippen LogP contribution in [-0.4, -0.2) is 15.7 Å². The second-order valence-electron chi connectivity index (χ2n) is 5.48. The zero-order valence-corrected chi connectivity index (χ0v) is 13.5. The molecule has 0 unspecified atom stereocenters. The van der Waals surface area contributed by atoms with Gasteiger partial charge in [-0.25, -0.2) is 4.98 Å². The largest absolute Gasteiger partial charge is 0.490 e. The van der Waals surface area contributed by atoms with Gasteiger partial charge in [0.1, 0.15) is 5.75 Å². The van der Waals surface area contributed by atoms with Gasteiger partial charge in [-0.15, -0.1) is 11.3 Å². The lowest BCUT2D eigenvalue weighted by molar-refractivity contribution is 0.245. The number of rotatable bonds is 5. The topological polar surface area (TPSA) is 27.1 Å². The van der Waals surface area contributed by atoms with Crippen molar-refractivity contribution in [3.8, 4) is 5.75 Å². The van der Waals surface area contributed by atoms with E-state index < -0.39 is 0 Å². The van der Waals surface area contributed by atoms with E-state index in [1.807, 2.05) is 11.6 Å². The van der Waals surface area contributed by atoms with Crippen LogP contribution in [0.4, 0.5) is 0 Å². The zero-order valence-electron chi connectivity index (χ0n) is 12.7. The molecule has 0 aliphatic carbocycles. The standard InChI is InChI=1S/C17H20N2OS/c1-12(2)20-16-6-4-5-15-14(16)7-9-19(15)10-8-17-13(3)18-11-21-17/h4-7,9,11-12H,8,10H2,1-3H3. The van der Waals surface area contributed by atoms with Gasteiger partial charge >= 0.3 is 0 Å². The van der Waals surface area contributed by atoms with E-state index in [0.29, 0.717) is 0 Å². The first kappa shape index (κ1) is 14.1. The van der Waals surface area contributed by atoms with E-state index in [0.717, 1.165) is 24.4 Å². The van der Waals surface area contributed by atoms with Crippen molar-refractivity contribution in [3.05, 3.63) is 46.5 Å². The van der Waals surface area contributed by atoms with Gasteiger partial charge in [-0.1, -0.05) is 6.07 Å². The van der Waals surface area contributed by atoms with Crippen LogP contribution in [0.1, 0.15) is 24.4 Å². The molecule has 21 heavy (non-hydrogen) atoms. The Morgan fingerprint density at radius 1 is 1.29 bits per heavy atom. The highest BCUT2D eigenvalue weighted by Gasteiger charge is 2.09. The van der Waals surface area contributed by atoms with Crippen LogP contribution in [-0.2, 0) is 13.0 Å². The number of hydrogen-bond donors (Lipinski definition) is 0. The lowest BCUT2D eigenvalue weighted by Gasteiger charge is -2.11. The molecule has 3 aromatic rings. The van der Waals surface area contributed by atoms with Crippen molar-refractivity contribution in [3.63, 3.8) is 0 Å². The minimum Gasteiger partial charge on any atom is -0.490 e. The van der Waals surface area contributed by atoms with Gasteiger partial charge in [0.25, 0.3) is 0 Å². The maximum atomic E-state index is 5.89. The first-order chi connectivity index (χ1) is 10.1. The maximum absolute atomic E-state index is 5.89.